The Hall–Kier alpha value is -1.39. The molecule has 2 N–H and O–H groups in total. The number of aliphatic hydroxyl groups excluding tert-OH is 2. The summed E-state index contributed by atoms with van der Waals surface area (Å²) in [7, 11) is 0. The van der Waals surface area contributed by atoms with E-state index in [2.05, 4.69) is 48.5 Å². The van der Waals surface area contributed by atoms with Gasteiger partial charge in [-0.2, -0.15) is 0 Å². The summed E-state index contributed by atoms with van der Waals surface area (Å²) in [4.78, 5) is 12.4. The first-order chi connectivity index (χ1) is 18.4. The van der Waals surface area contributed by atoms with Gasteiger partial charge >= 0.3 is 5.97 Å². The number of rotatable bonds is 20. The van der Waals surface area contributed by atoms with Gasteiger partial charge in [0.25, 0.3) is 0 Å². The lowest BCUT2D eigenvalue weighted by atomic mass is 9.65. The van der Waals surface area contributed by atoms with E-state index in [-0.39, 0.29) is 35.7 Å². The van der Waals surface area contributed by atoms with Crippen LogP contribution in [0, 0.1) is 22.7 Å². The first-order valence-electron chi connectivity index (χ1n) is 15.9. The Labute approximate surface area is 241 Å². The van der Waals surface area contributed by atoms with E-state index in [9.17, 15) is 15.0 Å². The van der Waals surface area contributed by atoms with Crippen LogP contribution < -0.4 is 0 Å². The standard InChI is InChI=1S/C35H62O4/c1-8-9-10-11-12-13-14-15-16-17-21-24-29(34(2,3)4)33(38)30(35(5,6)7)25-26-39-32(37)27-31(36)28-22-19-18-20-23-28/h18-20,22-23,29-31,33,36,38H,8-17,21,24-27H2,1-7H3. The lowest BCUT2D eigenvalue weighted by Crippen LogP contribution is -2.43. The molecular weight excluding hydrogens is 484 g/mol. The van der Waals surface area contributed by atoms with Crippen LogP contribution in [0.3, 0.4) is 0 Å². The van der Waals surface area contributed by atoms with Crippen LogP contribution in [0.5, 0.6) is 0 Å². The van der Waals surface area contributed by atoms with Crippen molar-refractivity contribution < 1.29 is 19.7 Å². The fourth-order valence-electron chi connectivity index (χ4n) is 5.85. The number of unbranched alkanes of at least 4 members (excludes halogenated alkanes) is 10. The summed E-state index contributed by atoms with van der Waals surface area (Å²) in [6.45, 7) is 15.8. The van der Waals surface area contributed by atoms with Crippen molar-refractivity contribution in [1.29, 1.82) is 0 Å². The molecule has 1 aromatic rings. The number of esters is 1. The van der Waals surface area contributed by atoms with Crippen LogP contribution in [-0.4, -0.2) is 28.9 Å². The summed E-state index contributed by atoms with van der Waals surface area (Å²) >= 11 is 0. The van der Waals surface area contributed by atoms with E-state index < -0.39 is 18.2 Å². The molecule has 1 rings (SSSR count). The fourth-order valence-corrected chi connectivity index (χ4v) is 5.85. The van der Waals surface area contributed by atoms with Crippen LogP contribution in [0.4, 0.5) is 0 Å². The van der Waals surface area contributed by atoms with Gasteiger partial charge in [0, 0.05) is 0 Å². The number of carbonyl (C=O) groups excluding carboxylic acids is 1. The van der Waals surface area contributed by atoms with Crippen LogP contribution >= 0.6 is 0 Å². The van der Waals surface area contributed by atoms with Gasteiger partial charge in [-0.05, 0) is 41.1 Å². The molecule has 0 amide bonds. The SMILES string of the molecule is CCCCCCCCCCCCCC(C(O)C(CCOC(=O)CC(O)c1ccccc1)C(C)(C)C)C(C)(C)C. The topological polar surface area (TPSA) is 66.8 Å². The lowest BCUT2D eigenvalue weighted by Gasteiger charge is -2.43. The predicted molar refractivity (Wildman–Crippen MR) is 165 cm³/mol. The lowest BCUT2D eigenvalue weighted by molar-refractivity contribution is -0.147. The highest BCUT2D eigenvalue weighted by molar-refractivity contribution is 5.70. The van der Waals surface area contributed by atoms with Crippen molar-refractivity contribution >= 4 is 5.97 Å². The highest BCUT2D eigenvalue weighted by Gasteiger charge is 2.40. The van der Waals surface area contributed by atoms with Gasteiger partial charge in [0.2, 0.25) is 0 Å². The fraction of sp³-hybridized carbons (Fsp3) is 0.800. The number of benzene rings is 1. The summed E-state index contributed by atoms with van der Waals surface area (Å²) in [5.74, 6) is -0.195. The summed E-state index contributed by atoms with van der Waals surface area (Å²) in [6, 6.07) is 9.20. The highest BCUT2D eigenvalue weighted by Crippen LogP contribution is 2.42. The van der Waals surface area contributed by atoms with E-state index in [1.54, 1.807) is 0 Å². The van der Waals surface area contributed by atoms with Crippen LogP contribution in [0.1, 0.15) is 150 Å². The van der Waals surface area contributed by atoms with Crippen LogP contribution in [-0.2, 0) is 9.53 Å². The molecule has 0 aliphatic rings. The smallest absolute Gasteiger partial charge is 0.308 e. The Morgan fingerprint density at radius 3 is 1.67 bits per heavy atom. The normalized spacial score (nSPS) is 15.5. The van der Waals surface area contributed by atoms with Crippen molar-refractivity contribution in [2.24, 2.45) is 22.7 Å². The van der Waals surface area contributed by atoms with E-state index in [1.807, 2.05) is 30.3 Å². The van der Waals surface area contributed by atoms with Gasteiger partial charge in [-0.25, -0.2) is 0 Å². The number of ether oxygens (including phenoxy) is 1. The Morgan fingerprint density at radius 2 is 1.18 bits per heavy atom. The average Bonchev–Trinajstić information content (AvgIpc) is 2.86. The number of carbonyl (C=O) groups is 1. The average molecular weight is 547 g/mol. The summed E-state index contributed by atoms with van der Waals surface area (Å²) in [5, 5.41) is 22.0. The van der Waals surface area contributed by atoms with Crippen LogP contribution in [0.2, 0.25) is 0 Å². The molecule has 4 heteroatoms. The molecule has 4 atom stereocenters. The van der Waals surface area contributed by atoms with Gasteiger partial charge in [-0.3, -0.25) is 4.79 Å². The van der Waals surface area contributed by atoms with Gasteiger partial charge in [-0.15, -0.1) is 0 Å². The monoisotopic (exact) mass is 546 g/mol. The summed E-state index contributed by atoms with van der Waals surface area (Å²) in [5.41, 5.74) is 0.598. The molecule has 0 aromatic heterocycles. The van der Waals surface area contributed by atoms with Crippen LogP contribution in [0.25, 0.3) is 0 Å². The minimum Gasteiger partial charge on any atom is -0.466 e. The second-order valence-corrected chi connectivity index (χ2v) is 13.9. The zero-order valence-corrected chi connectivity index (χ0v) is 26.5. The van der Waals surface area contributed by atoms with Crippen molar-refractivity contribution in [3.8, 4) is 0 Å². The molecule has 0 saturated carbocycles. The minimum absolute atomic E-state index is 0.00211. The Bertz CT molecular complexity index is 746. The molecule has 1 aromatic carbocycles. The van der Waals surface area contributed by atoms with E-state index >= 15 is 0 Å². The van der Waals surface area contributed by atoms with Crippen molar-refractivity contribution in [2.75, 3.05) is 6.61 Å². The van der Waals surface area contributed by atoms with Gasteiger partial charge in [-0.1, -0.05) is 149 Å². The first kappa shape index (κ1) is 35.6. The maximum atomic E-state index is 12.4. The molecule has 0 saturated heterocycles. The molecule has 4 nitrogen and oxygen atoms in total. The molecule has 0 aliphatic carbocycles. The molecule has 0 aliphatic heterocycles. The molecule has 0 fully saturated rings. The highest BCUT2D eigenvalue weighted by atomic mass is 16.5. The summed E-state index contributed by atoms with van der Waals surface area (Å²) < 4.78 is 5.54. The Balaban J connectivity index is 2.53. The number of hydrogen-bond acceptors (Lipinski definition) is 4. The molecular formula is C35H62O4. The Morgan fingerprint density at radius 1 is 0.718 bits per heavy atom. The third-order valence-corrected chi connectivity index (χ3v) is 8.40. The Kier molecular flexibility index (Phi) is 17.2. The predicted octanol–water partition coefficient (Wildman–Crippen LogP) is 9.43. The maximum absolute atomic E-state index is 12.4. The molecule has 0 bridgehead atoms. The van der Waals surface area contributed by atoms with Crippen molar-refractivity contribution in [2.45, 2.75) is 151 Å². The quantitative estimate of drug-likeness (QED) is 0.126. The van der Waals surface area contributed by atoms with E-state index in [1.165, 1.54) is 64.2 Å². The zero-order chi connectivity index (χ0) is 29.3. The largest absolute Gasteiger partial charge is 0.466 e. The van der Waals surface area contributed by atoms with Gasteiger partial charge < -0.3 is 14.9 Å². The van der Waals surface area contributed by atoms with Gasteiger partial charge in [0.1, 0.15) is 0 Å². The van der Waals surface area contributed by atoms with E-state index in [4.69, 9.17) is 4.74 Å². The molecule has 226 valence electrons. The van der Waals surface area contributed by atoms with Crippen molar-refractivity contribution in [1.82, 2.24) is 0 Å². The molecule has 4 unspecified atom stereocenters. The van der Waals surface area contributed by atoms with E-state index in [0.29, 0.717) is 12.0 Å². The molecule has 39 heavy (non-hydrogen) atoms. The number of aliphatic hydroxyl groups is 2. The summed E-state index contributed by atoms with van der Waals surface area (Å²) in [6.07, 6.45) is 14.8. The molecule has 0 radical (unpaired) electrons. The van der Waals surface area contributed by atoms with Gasteiger partial charge in [0.15, 0.2) is 0 Å². The van der Waals surface area contributed by atoms with Crippen molar-refractivity contribution in [3.63, 3.8) is 0 Å². The second kappa shape index (κ2) is 18.9. The van der Waals surface area contributed by atoms with E-state index in [0.717, 1.165) is 12.8 Å². The third kappa shape index (κ3) is 15.3. The molecule has 0 spiro atoms. The third-order valence-electron chi connectivity index (χ3n) is 8.40. The first-order valence-corrected chi connectivity index (χ1v) is 15.9. The second-order valence-electron chi connectivity index (χ2n) is 13.9. The number of hydrogen-bond donors (Lipinski definition) is 2. The maximum Gasteiger partial charge on any atom is 0.308 e. The van der Waals surface area contributed by atoms with Gasteiger partial charge in [0.05, 0.1) is 25.2 Å². The minimum atomic E-state index is -0.862. The van der Waals surface area contributed by atoms with Crippen molar-refractivity contribution in [3.05, 3.63) is 35.9 Å². The zero-order valence-electron chi connectivity index (χ0n) is 26.5. The van der Waals surface area contributed by atoms with Crippen LogP contribution in [0.15, 0.2) is 30.3 Å². The molecule has 0 heterocycles.